The summed E-state index contributed by atoms with van der Waals surface area (Å²) in [5.41, 5.74) is 5.35. The summed E-state index contributed by atoms with van der Waals surface area (Å²) in [6.45, 7) is 5.72. The fraction of sp³-hybridized carbons (Fsp3) is 0.667. The van der Waals surface area contributed by atoms with Crippen molar-refractivity contribution in [3.63, 3.8) is 0 Å². The molecule has 0 aliphatic heterocycles. The van der Waals surface area contributed by atoms with Crippen molar-refractivity contribution in [2.75, 3.05) is 0 Å². The molecule has 0 amide bonds. The van der Waals surface area contributed by atoms with Gasteiger partial charge in [0.25, 0.3) is 0 Å². The molecule has 4 heteroatoms. The van der Waals surface area contributed by atoms with Crippen LogP contribution < -0.4 is 5.73 Å². The standard InChI is InChI=1S/C6H11N3S/c1-4-8-5(9-10-4)6(2,3)7/h7H2,1-3H3. The molecule has 3 nitrogen and oxygen atoms in total. The summed E-state index contributed by atoms with van der Waals surface area (Å²) in [5.74, 6) is 0.731. The van der Waals surface area contributed by atoms with E-state index in [0.717, 1.165) is 10.8 Å². The SMILES string of the molecule is Cc1nc(C(C)(C)N)ns1. The first kappa shape index (κ1) is 7.63. The van der Waals surface area contributed by atoms with E-state index in [-0.39, 0.29) is 0 Å². The van der Waals surface area contributed by atoms with Gasteiger partial charge in [0, 0.05) is 0 Å². The Bertz CT molecular complexity index is 223. The van der Waals surface area contributed by atoms with E-state index in [1.54, 1.807) is 0 Å². The highest BCUT2D eigenvalue weighted by Gasteiger charge is 2.18. The Morgan fingerprint density at radius 1 is 1.50 bits per heavy atom. The normalized spacial score (nSPS) is 12.0. The molecule has 0 aliphatic carbocycles. The topological polar surface area (TPSA) is 51.8 Å². The van der Waals surface area contributed by atoms with Gasteiger partial charge < -0.3 is 5.73 Å². The Morgan fingerprint density at radius 3 is 2.30 bits per heavy atom. The minimum Gasteiger partial charge on any atom is -0.319 e. The van der Waals surface area contributed by atoms with Crippen LogP contribution in [0.3, 0.4) is 0 Å². The maximum absolute atomic E-state index is 5.75. The maximum Gasteiger partial charge on any atom is 0.161 e. The number of aryl methyl sites for hydroxylation is 1. The van der Waals surface area contributed by atoms with E-state index >= 15 is 0 Å². The second kappa shape index (κ2) is 2.29. The van der Waals surface area contributed by atoms with Gasteiger partial charge in [0.1, 0.15) is 5.01 Å². The smallest absolute Gasteiger partial charge is 0.161 e. The molecule has 0 unspecified atom stereocenters. The molecule has 2 N–H and O–H groups in total. The first-order valence-electron chi connectivity index (χ1n) is 3.10. The monoisotopic (exact) mass is 157 g/mol. The lowest BCUT2D eigenvalue weighted by molar-refractivity contribution is 0.521. The molecule has 0 bridgehead atoms. The average molecular weight is 157 g/mol. The largest absolute Gasteiger partial charge is 0.319 e. The minimum atomic E-state index is -0.398. The molecule has 1 heterocycles. The molecule has 1 aromatic rings. The Hall–Kier alpha value is -0.480. The highest BCUT2D eigenvalue weighted by atomic mass is 32.1. The van der Waals surface area contributed by atoms with E-state index in [2.05, 4.69) is 9.36 Å². The van der Waals surface area contributed by atoms with Crippen LogP contribution in [0, 0.1) is 6.92 Å². The fourth-order valence-corrected chi connectivity index (χ4v) is 1.18. The van der Waals surface area contributed by atoms with Crippen molar-refractivity contribution in [1.29, 1.82) is 0 Å². The zero-order valence-corrected chi connectivity index (χ0v) is 7.20. The van der Waals surface area contributed by atoms with Crippen molar-refractivity contribution in [3.05, 3.63) is 10.8 Å². The Morgan fingerprint density at radius 2 is 2.10 bits per heavy atom. The van der Waals surface area contributed by atoms with Crippen molar-refractivity contribution in [2.24, 2.45) is 5.73 Å². The van der Waals surface area contributed by atoms with Crippen LogP contribution in [0.1, 0.15) is 24.7 Å². The lowest BCUT2D eigenvalue weighted by Crippen LogP contribution is -2.30. The predicted octanol–water partition coefficient (Wildman–Crippen LogP) is 1.04. The summed E-state index contributed by atoms with van der Waals surface area (Å²) < 4.78 is 4.09. The first-order chi connectivity index (χ1) is 4.50. The molecule has 0 atom stereocenters. The molecular weight excluding hydrogens is 146 g/mol. The Kier molecular flexibility index (Phi) is 1.74. The second-order valence-corrected chi connectivity index (χ2v) is 3.81. The van der Waals surface area contributed by atoms with Crippen LogP contribution in [0.4, 0.5) is 0 Å². The maximum atomic E-state index is 5.75. The van der Waals surface area contributed by atoms with Crippen molar-refractivity contribution >= 4 is 11.5 Å². The highest BCUT2D eigenvalue weighted by Crippen LogP contribution is 2.14. The van der Waals surface area contributed by atoms with E-state index in [1.807, 2.05) is 20.8 Å². The average Bonchev–Trinajstić information content (AvgIpc) is 2.11. The zero-order chi connectivity index (χ0) is 7.78. The van der Waals surface area contributed by atoms with Crippen molar-refractivity contribution < 1.29 is 0 Å². The van der Waals surface area contributed by atoms with Crippen LogP contribution in [0.15, 0.2) is 0 Å². The Labute approximate surface area is 64.5 Å². The van der Waals surface area contributed by atoms with Gasteiger partial charge in [-0.2, -0.15) is 4.37 Å². The van der Waals surface area contributed by atoms with Crippen LogP contribution in [0.25, 0.3) is 0 Å². The van der Waals surface area contributed by atoms with Crippen LogP contribution in [-0.2, 0) is 5.54 Å². The third kappa shape index (κ3) is 1.52. The van der Waals surface area contributed by atoms with Crippen LogP contribution in [-0.4, -0.2) is 9.36 Å². The first-order valence-corrected chi connectivity index (χ1v) is 3.87. The van der Waals surface area contributed by atoms with Crippen molar-refractivity contribution in [2.45, 2.75) is 26.3 Å². The number of nitrogens with zero attached hydrogens (tertiary/aromatic N) is 2. The predicted molar refractivity (Wildman–Crippen MR) is 41.9 cm³/mol. The molecule has 0 spiro atoms. The van der Waals surface area contributed by atoms with Gasteiger partial charge in [-0.15, -0.1) is 0 Å². The summed E-state index contributed by atoms with van der Waals surface area (Å²) in [7, 11) is 0. The number of rotatable bonds is 1. The summed E-state index contributed by atoms with van der Waals surface area (Å²) in [6, 6.07) is 0. The number of aromatic nitrogens is 2. The number of nitrogens with two attached hydrogens (primary N) is 1. The van der Waals surface area contributed by atoms with Crippen LogP contribution in [0.2, 0.25) is 0 Å². The van der Waals surface area contributed by atoms with E-state index in [4.69, 9.17) is 5.73 Å². The quantitative estimate of drug-likeness (QED) is 0.662. The summed E-state index contributed by atoms with van der Waals surface area (Å²) in [6.07, 6.45) is 0. The van der Waals surface area contributed by atoms with Crippen molar-refractivity contribution in [3.8, 4) is 0 Å². The van der Waals surface area contributed by atoms with Gasteiger partial charge in [0.15, 0.2) is 5.82 Å². The van der Waals surface area contributed by atoms with Gasteiger partial charge >= 0.3 is 0 Å². The van der Waals surface area contributed by atoms with E-state index in [0.29, 0.717) is 0 Å². The summed E-state index contributed by atoms with van der Waals surface area (Å²) >= 11 is 1.39. The molecule has 0 radical (unpaired) electrons. The van der Waals surface area contributed by atoms with Gasteiger partial charge in [-0.05, 0) is 32.3 Å². The van der Waals surface area contributed by atoms with Gasteiger partial charge in [0.2, 0.25) is 0 Å². The van der Waals surface area contributed by atoms with E-state index < -0.39 is 5.54 Å². The molecule has 10 heavy (non-hydrogen) atoms. The second-order valence-electron chi connectivity index (χ2n) is 2.86. The van der Waals surface area contributed by atoms with E-state index in [9.17, 15) is 0 Å². The molecule has 1 aromatic heterocycles. The molecule has 0 saturated heterocycles. The third-order valence-electron chi connectivity index (χ3n) is 1.10. The van der Waals surface area contributed by atoms with Crippen LogP contribution in [0.5, 0.6) is 0 Å². The van der Waals surface area contributed by atoms with Crippen molar-refractivity contribution in [1.82, 2.24) is 9.36 Å². The van der Waals surface area contributed by atoms with Gasteiger partial charge in [-0.1, -0.05) is 0 Å². The molecule has 0 saturated carbocycles. The minimum absolute atomic E-state index is 0.398. The van der Waals surface area contributed by atoms with Gasteiger partial charge in [-0.3, -0.25) is 0 Å². The highest BCUT2D eigenvalue weighted by molar-refractivity contribution is 7.05. The zero-order valence-electron chi connectivity index (χ0n) is 6.38. The molecule has 1 rings (SSSR count). The lowest BCUT2D eigenvalue weighted by atomic mass is 10.1. The summed E-state index contributed by atoms with van der Waals surface area (Å²) in [4.78, 5) is 4.16. The van der Waals surface area contributed by atoms with Gasteiger partial charge in [0.05, 0.1) is 5.54 Å². The number of hydrogen-bond donors (Lipinski definition) is 1. The lowest BCUT2D eigenvalue weighted by Gasteiger charge is -2.12. The van der Waals surface area contributed by atoms with Gasteiger partial charge in [-0.25, -0.2) is 4.98 Å². The Balaban J connectivity index is 2.96. The molecule has 0 fully saturated rings. The fourth-order valence-electron chi connectivity index (χ4n) is 0.561. The van der Waals surface area contributed by atoms with E-state index in [1.165, 1.54) is 11.5 Å². The number of hydrogen-bond acceptors (Lipinski definition) is 4. The molecular formula is C6H11N3S. The molecule has 56 valence electrons. The molecule has 0 aromatic carbocycles. The third-order valence-corrected chi connectivity index (χ3v) is 1.72. The summed E-state index contributed by atoms with van der Waals surface area (Å²) in [5, 5.41) is 0.966. The van der Waals surface area contributed by atoms with Crippen LogP contribution >= 0.6 is 11.5 Å². The molecule has 0 aliphatic rings.